The van der Waals surface area contributed by atoms with Gasteiger partial charge in [-0.1, -0.05) is 60.7 Å². The summed E-state index contributed by atoms with van der Waals surface area (Å²) in [6.07, 6.45) is 0.724. The average molecular weight is 334 g/mol. The van der Waals surface area contributed by atoms with Gasteiger partial charge in [0, 0.05) is 6.07 Å². The van der Waals surface area contributed by atoms with Crippen molar-refractivity contribution >= 4 is 6.29 Å². The first kappa shape index (κ1) is 16.7. The first-order chi connectivity index (χ1) is 12.3. The lowest BCUT2D eigenvalue weighted by molar-refractivity contribution is -0.217. The van der Waals surface area contributed by atoms with E-state index in [1.807, 2.05) is 60.7 Å². The number of benzene rings is 3. The molecule has 0 heterocycles. The lowest BCUT2D eigenvalue weighted by atomic mass is 10.2. The zero-order chi connectivity index (χ0) is 17.3. The maximum absolute atomic E-state index is 11.2. The molecule has 0 radical (unpaired) electrons. The van der Waals surface area contributed by atoms with Crippen LogP contribution in [0.3, 0.4) is 0 Å². The van der Waals surface area contributed by atoms with Gasteiger partial charge in [0.05, 0.1) is 5.56 Å². The second-order valence-corrected chi connectivity index (χ2v) is 5.42. The van der Waals surface area contributed by atoms with Crippen LogP contribution in [0.15, 0.2) is 78.9 Å². The van der Waals surface area contributed by atoms with Gasteiger partial charge in [-0.3, -0.25) is 4.79 Å². The third kappa shape index (κ3) is 4.93. The second-order valence-electron chi connectivity index (χ2n) is 5.42. The minimum atomic E-state index is 0.286. The number of aldehydes is 1. The number of rotatable bonds is 8. The van der Waals surface area contributed by atoms with E-state index in [-0.39, 0.29) is 6.61 Å². The van der Waals surface area contributed by atoms with Crippen LogP contribution in [0.1, 0.15) is 21.5 Å². The molecule has 0 saturated carbocycles. The summed E-state index contributed by atoms with van der Waals surface area (Å²) in [4.78, 5) is 21.7. The van der Waals surface area contributed by atoms with Gasteiger partial charge < -0.3 is 9.62 Å². The highest BCUT2D eigenvalue weighted by Crippen LogP contribution is 2.25. The molecule has 0 atom stereocenters. The summed E-state index contributed by atoms with van der Waals surface area (Å²) >= 11 is 0. The number of hydrogen-bond acceptors (Lipinski definition) is 4. The van der Waals surface area contributed by atoms with E-state index in [1.165, 1.54) is 0 Å². The largest absolute Gasteiger partial charge is 0.489 e. The van der Waals surface area contributed by atoms with E-state index in [2.05, 4.69) is 0 Å². The fourth-order valence-corrected chi connectivity index (χ4v) is 2.25. The van der Waals surface area contributed by atoms with Crippen LogP contribution in [-0.2, 0) is 18.1 Å². The normalized spacial score (nSPS) is 10.2. The van der Waals surface area contributed by atoms with E-state index < -0.39 is 0 Å². The first-order valence-electron chi connectivity index (χ1n) is 7.94. The molecule has 25 heavy (non-hydrogen) atoms. The van der Waals surface area contributed by atoms with Gasteiger partial charge in [-0.25, -0.2) is 0 Å². The summed E-state index contributed by atoms with van der Waals surface area (Å²) < 4.78 is 5.75. The molecule has 0 unspecified atom stereocenters. The van der Waals surface area contributed by atoms with E-state index in [1.54, 1.807) is 18.2 Å². The topological polar surface area (TPSA) is 44.8 Å². The van der Waals surface area contributed by atoms with Gasteiger partial charge >= 0.3 is 0 Å². The molecule has 4 heteroatoms. The fourth-order valence-electron chi connectivity index (χ4n) is 2.25. The Labute approximate surface area is 146 Å². The van der Waals surface area contributed by atoms with Gasteiger partial charge in [-0.2, -0.15) is 4.89 Å². The van der Waals surface area contributed by atoms with Crippen molar-refractivity contribution in [1.29, 1.82) is 0 Å². The molecule has 0 aliphatic heterocycles. The standard InChI is InChI=1S/C21H18O4/c22-14-19-11-12-20(23-15-17-7-3-1-4-8-17)13-21(19)25-24-16-18-9-5-2-6-10-18/h1-14H,15-16H2. The Hall–Kier alpha value is -3.11. The first-order valence-corrected chi connectivity index (χ1v) is 7.94. The Balaban J connectivity index is 1.62. The van der Waals surface area contributed by atoms with Crippen LogP contribution in [0.25, 0.3) is 0 Å². The second kappa shape index (κ2) is 8.66. The molecule has 0 bridgehead atoms. The van der Waals surface area contributed by atoms with Crippen molar-refractivity contribution in [1.82, 2.24) is 0 Å². The number of carbonyl (C=O) groups excluding carboxylic acids is 1. The predicted octanol–water partition coefficient (Wildman–Crippen LogP) is 4.59. The highest BCUT2D eigenvalue weighted by molar-refractivity contribution is 5.79. The van der Waals surface area contributed by atoms with Crippen molar-refractivity contribution in [3.05, 3.63) is 95.6 Å². The van der Waals surface area contributed by atoms with Crippen molar-refractivity contribution < 1.29 is 19.3 Å². The van der Waals surface area contributed by atoms with Crippen LogP contribution in [0.5, 0.6) is 11.5 Å². The van der Waals surface area contributed by atoms with Crippen molar-refractivity contribution in [3.63, 3.8) is 0 Å². The molecule has 0 amide bonds. The molecule has 0 aromatic heterocycles. The van der Waals surface area contributed by atoms with E-state index in [9.17, 15) is 4.79 Å². The van der Waals surface area contributed by atoms with E-state index >= 15 is 0 Å². The molecule has 126 valence electrons. The van der Waals surface area contributed by atoms with Crippen LogP contribution in [0, 0.1) is 0 Å². The summed E-state index contributed by atoms with van der Waals surface area (Å²) in [7, 11) is 0. The summed E-state index contributed by atoms with van der Waals surface area (Å²) in [6.45, 7) is 0.722. The molecule has 0 saturated heterocycles. The molecular formula is C21H18O4. The van der Waals surface area contributed by atoms with Gasteiger partial charge in [-0.05, 0) is 23.3 Å². The third-order valence-corrected chi connectivity index (χ3v) is 3.58. The molecule has 0 spiro atoms. The Kier molecular flexibility index (Phi) is 5.80. The highest BCUT2D eigenvalue weighted by atomic mass is 17.2. The highest BCUT2D eigenvalue weighted by Gasteiger charge is 2.07. The zero-order valence-corrected chi connectivity index (χ0v) is 13.6. The monoisotopic (exact) mass is 334 g/mol. The molecule has 0 fully saturated rings. The summed E-state index contributed by atoms with van der Waals surface area (Å²) in [5.74, 6) is 0.934. The Morgan fingerprint density at radius 2 is 1.40 bits per heavy atom. The Morgan fingerprint density at radius 3 is 2.04 bits per heavy atom. The lowest BCUT2D eigenvalue weighted by Gasteiger charge is -2.10. The van der Waals surface area contributed by atoms with Gasteiger partial charge in [0.1, 0.15) is 19.0 Å². The summed E-state index contributed by atoms with van der Waals surface area (Å²) in [5, 5.41) is 0. The van der Waals surface area contributed by atoms with Crippen molar-refractivity contribution in [3.8, 4) is 11.5 Å². The predicted molar refractivity (Wildman–Crippen MR) is 94.5 cm³/mol. The number of ether oxygens (including phenoxy) is 1. The summed E-state index contributed by atoms with van der Waals surface area (Å²) in [5.41, 5.74) is 2.44. The molecule has 0 aliphatic carbocycles. The average Bonchev–Trinajstić information content (AvgIpc) is 2.68. The van der Waals surface area contributed by atoms with Gasteiger partial charge in [0.15, 0.2) is 12.0 Å². The summed E-state index contributed by atoms with van der Waals surface area (Å²) in [6, 6.07) is 24.5. The van der Waals surface area contributed by atoms with Crippen LogP contribution < -0.4 is 9.62 Å². The maximum Gasteiger partial charge on any atom is 0.179 e. The van der Waals surface area contributed by atoms with Crippen molar-refractivity contribution in [2.45, 2.75) is 13.2 Å². The molecule has 0 N–H and O–H groups in total. The minimum Gasteiger partial charge on any atom is -0.489 e. The fraction of sp³-hybridized carbons (Fsp3) is 0.0952. The lowest BCUT2D eigenvalue weighted by Crippen LogP contribution is -2.01. The molecule has 3 aromatic rings. The van der Waals surface area contributed by atoms with Gasteiger partial charge in [-0.15, -0.1) is 0 Å². The molecule has 4 nitrogen and oxygen atoms in total. The van der Waals surface area contributed by atoms with Crippen molar-refractivity contribution in [2.75, 3.05) is 0 Å². The SMILES string of the molecule is O=Cc1ccc(OCc2ccccc2)cc1OOCc1ccccc1. The van der Waals surface area contributed by atoms with Gasteiger partial charge in [0.25, 0.3) is 0 Å². The molecule has 0 aliphatic rings. The van der Waals surface area contributed by atoms with Crippen LogP contribution >= 0.6 is 0 Å². The van der Waals surface area contributed by atoms with Crippen LogP contribution in [0.4, 0.5) is 0 Å². The number of carbonyl (C=O) groups is 1. The number of hydrogen-bond donors (Lipinski definition) is 0. The van der Waals surface area contributed by atoms with Crippen LogP contribution in [-0.4, -0.2) is 6.29 Å². The Morgan fingerprint density at radius 1 is 0.760 bits per heavy atom. The quantitative estimate of drug-likeness (QED) is 0.343. The third-order valence-electron chi connectivity index (χ3n) is 3.58. The van der Waals surface area contributed by atoms with Crippen molar-refractivity contribution in [2.24, 2.45) is 0 Å². The Bertz CT molecular complexity index is 801. The van der Waals surface area contributed by atoms with E-state index in [4.69, 9.17) is 14.5 Å². The maximum atomic E-state index is 11.2. The van der Waals surface area contributed by atoms with Crippen LogP contribution in [0.2, 0.25) is 0 Å². The van der Waals surface area contributed by atoms with E-state index in [0.717, 1.165) is 17.4 Å². The van der Waals surface area contributed by atoms with E-state index in [0.29, 0.717) is 23.7 Å². The minimum absolute atomic E-state index is 0.286. The molecule has 3 rings (SSSR count). The molecule has 3 aromatic carbocycles. The molecular weight excluding hydrogens is 316 g/mol. The van der Waals surface area contributed by atoms with Gasteiger partial charge in [0.2, 0.25) is 0 Å². The smallest absolute Gasteiger partial charge is 0.179 e. The zero-order valence-electron chi connectivity index (χ0n) is 13.6.